The Kier molecular flexibility index (Phi) is 1.87. The summed E-state index contributed by atoms with van der Waals surface area (Å²) in [5, 5.41) is 0. The Morgan fingerprint density at radius 2 is 2.25 bits per heavy atom. The van der Waals surface area contributed by atoms with E-state index in [9.17, 15) is 4.79 Å². The molecule has 0 saturated carbocycles. The lowest BCUT2D eigenvalue weighted by Crippen LogP contribution is -2.14. The first-order chi connectivity index (χ1) is 5.81. The molecule has 0 aromatic carbocycles. The van der Waals surface area contributed by atoms with E-state index in [1.165, 1.54) is 19.3 Å². The van der Waals surface area contributed by atoms with Crippen molar-refractivity contribution in [2.75, 3.05) is 0 Å². The highest BCUT2D eigenvalue weighted by Crippen LogP contribution is 2.40. The smallest absolute Gasteiger partial charge is 0.156 e. The van der Waals surface area contributed by atoms with E-state index >= 15 is 0 Å². The SMILES string of the molecule is O=C1C=CC2(CC=CCCC2)C1. The summed E-state index contributed by atoms with van der Waals surface area (Å²) < 4.78 is 0. The van der Waals surface area contributed by atoms with Gasteiger partial charge in [-0.15, -0.1) is 0 Å². The van der Waals surface area contributed by atoms with Crippen LogP contribution in [0.1, 0.15) is 32.1 Å². The van der Waals surface area contributed by atoms with Gasteiger partial charge in [0.05, 0.1) is 0 Å². The number of rotatable bonds is 0. The quantitative estimate of drug-likeness (QED) is 0.500. The average Bonchev–Trinajstić information content (AvgIpc) is 2.30. The highest BCUT2D eigenvalue weighted by molar-refractivity contribution is 5.93. The van der Waals surface area contributed by atoms with Crippen molar-refractivity contribution in [1.29, 1.82) is 0 Å². The van der Waals surface area contributed by atoms with E-state index in [0.717, 1.165) is 12.8 Å². The molecule has 0 bridgehead atoms. The fourth-order valence-electron chi connectivity index (χ4n) is 2.16. The predicted octanol–water partition coefficient (Wildman–Crippen LogP) is 2.63. The second kappa shape index (κ2) is 2.89. The lowest BCUT2D eigenvalue weighted by atomic mass is 9.80. The van der Waals surface area contributed by atoms with E-state index in [1.54, 1.807) is 6.08 Å². The zero-order valence-corrected chi connectivity index (χ0v) is 7.25. The standard InChI is InChI=1S/C11H14O/c12-10-5-8-11(9-10)6-3-1-2-4-7-11/h1,3,5,8H,2,4,6-7,9H2. The van der Waals surface area contributed by atoms with Crippen molar-refractivity contribution in [3.05, 3.63) is 24.3 Å². The molecule has 0 fully saturated rings. The molecule has 0 N–H and O–H groups in total. The summed E-state index contributed by atoms with van der Waals surface area (Å²) in [5.41, 5.74) is 0.212. The van der Waals surface area contributed by atoms with Crippen molar-refractivity contribution in [3.8, 4) is 0 Å². The third-order valence-electron chi connectivity index (χ3n) is 2.89. The molecular formula is C11H14O. The fraction of sp³-hybridized carbons (Fsp3) is 0.545. The maximum absolute atomic E-state index is 11.1. The van der Waals surface area contributed by atoms with Gasteiger partial charge in [0.2, 0.25) is 0 Å². The van der Waals surface area contributed by atoms with Crippen LogP contribution in [0.2, 0.25) is 0 Å². The maximum Gasteiger partial charge on any atom is 0.156 e. The summed E-state index contributed by atoms with van der Waals surface area (Å²) in [6.07, 6.45) is 13.8. The third kappa shape index (κ3) is 1.36. The van der Waals surface area contributed by atoms with Gasteiger partial charge in [-0.05, 0) is 37.2 Å². The molecule has 2 rings (SSSR count). The van der Waals surface area contributed by atoms with Gasteiger partial charge in [0.15, 0.2) is 5.78 Å². The van der Waals surface area contributed by atoms with E-state index in [4.69, 9.17) is 0 Å². The summed E-state index contributed by atoms with van der Waals surface area (Å²) in [4.78, 5) is 11.1. The van der Waals surface area contributed by atoms with Crippen LogP contribution in [0.15, 0.2) is 24.3 Å². The van der Waals surface area contributed by atoms with Crippen LogP contribution in [0, 0.1) is 5.41 Å². The van der Waals surface area contributed by atoms with Gasteiger partial charge in [0.1, 0.15) is 0 Å². The lowest BCUT2D eigenvalue weighted by molar-refractivity contribution is -0.115. The van der Waals surface area contributed by atoms with Gasteiger partial charge in [0, 0.05) is 6.42 Å². The number of carbonyl (C=O) groups excluding carboxylic acids is 1. The molecule has 2 aliphatic carbocycles. The first kappa shape index (κ1) is 7.78. The van der Waals surface area contributed by atoms with Gasteiger partial charge < -0.3 is 0 Å². The van der Waals surface area contributed by atoms with E-state index in [-0.39, 0.29) is 5.41 Å². The monoisotopic (exact) mass is 162 g/mol. The molecule has 0 heterocycles. The minimum atomic E-state index is 0.212. The Bertz CT molecular complexity index is 250. The van der Waals surface area contributed by atoms with Crippen LogP contribution in [0.4, 0.5) is 0 Å². The second-order valence-corrected chi connectivity index (χ2v) is 3.91. The number of hydrogen-bond donors (Lipinski definition) is 0. The number of carbonyl (C=O) groups is 1. The molecule has 1 heteroatoms. The molecule has 64 valence electrons. The molecule has 0 aromatic rings. The molecule has 1 nitrogen and oxygen atoms in total. The molecule has 2 aliphatic rings. The molecule has 1 atom stereocenters. The van der Waals surface area contributed by atoms with Crippen LogP contribution in [0.5, 0.6) is 0 Å². The van der Waals surface area contributed by atoms with E-state index < -0.39 is 0 Å². The molecule has 0 radical (unpaired) electrons. The van der Waals surface area contributed by atoms with Gasteiger partial charge in [0.25, 0.3) is 0 Å². The van der Waals surface area contributed by atoms with Crippen LogP contribution in [0.3, 0.4) is 0 Å². The molecular weight excluding hydrogens is 148 g/mol. The normalized spacial score (nSPS) is 34.5. The summed E-state index contributed by atoms with van der Waals surface area (Å²) in [6.45, 7) is 0. The molecule has 0 amide bonds. The Morgan fingerprint density at radius 3 is 3.00 bits per heavy atom. The number of hydrogen-bond acceptors (Lipinski definition) is 1. The summed E-state index contributed by atoms with van der Waals surface area (Å²) in [6, 6.07) is 0. The van der Waals surface area contributed by atoms with Gasteiger partial charge in [-0.3, -0.25) is 4.79 Å². The summed E-state index contributed by atoms with van der Waals surface area (Å²) in [7, 11) is 0. The van der Waals surface area contributed by atoms with Crippen molar-refractivity contribution >= 4 is 5.78 Å². The second-order valence-electron chi connectivity index (χ2n) is 3.91. The molecule has 0 aromatic heterocycles. The van der Waals surface area contributed by atoms with Gasteiger partial charge >= 0.3 is 0 Å². The first-order valence-corrected chi connectivity index (χ1v) is 4.68. The van der Waals surface area contributed by atoms with Crippen LogP contribution < -0.4 is 0 Å². The third-order valence-corrected chi connectivity index (χ3v) is 2.89. The Labute approximate surface area is 73.2 Å². The first-order valence-electron chi connectivity index (χ1n) is 4.68. The topological polar surface area (TPSA) is 17.1 Å². The van der Waals surface area contributed by atoms with E-state index in [1.807, 2.05) is 0 Å². The van der Waals surface area contributed by atoms with E-state index in [0.29, 0.717) is 5.78 Å². The molecule has 12 heavy (non-hydrogen) atoms. The minimum Gasteiger partial charge on any atom is -0.295 e. The maximum atomic E-state index is 11.1. The van der Waals surface area contributed by atoms with Crippen molar-refractivity contribution in [2.24, 2.45) is 5.41 Å². The predicted molar refractivity (Wildman–Crippen MR) is 48.8 cm³/mol. The summed E-state index contributed by atoms with van der Waals surface area (Å²) >= 11 is 0. The zero-order valence-electron chi connectivity index (χ0n) is 7.25. The Balaban J connectivity index is 2.15. The van der Waals surface area contributed by atoms with Gasteiger partial charge in [-0.25, -0.2) is 0 Å². The average molecular weight is 162 g/mol. The van der Waals surface area contributed by atoms with Crippen LogP contribution >= 0.6 is 0 Å². The Hall–Kier alpha value is -0.850. The number of ketones is 1. The fourth-order valence-corrected chi connectivity index (χ4v) is 2.16. The number of allylic oxidation sites excluding steroid dienone is 4. The Morgan fingerprint density at radius 1 is 1.33 bits per heavy atom. The van der Waals surface area contributed by atoms with Gasteiger partial charge in [-0.2, -0.15) is 0 Å². The van der Waals surface area contributed by atoms with Crippen molar-refractivity contribution in [1.82, 2.24) is 0 Å². The molecule has 0 saturated heterocycles. The highest BCUT2D eigenvalue weighted by Gasteiger charge is 2.32. The largest absolute Gasteiger partial charge is 0.295 e. The molecule has 0 aliphatic heterocycles. The van der Waals surface area contributed by atoms with Crippen LogP contribution in [0.25, 0.3) is 0 Å². The van der Waals surface area contributed by atoms with Gasteiger partial charge in [-0.1, -0.05) is 18.2 Å². The van der Waals surface area contributed by atoms with Crippen LogP contribution in [-0.2, 0) is 4.79 Å². The molecule has 1 spiro atoms. The lowest BCUT2D eigenvalue weighted by Gasteiger charge is -2.23. The van der Waals surface area contributed by atoms with Crippen molar-refractivity contribution in [2.45, 2.75) is 32.1 Å². The van der Waals surface area contributed by atoms with Crippen LogP contribution in [-0.4, -0.2) is 5.78 Å². The van der Waals surface area contributed by atoms with Crippen molar-refractivity contribution < 1.29 is 4.79 Å². The minimum absolute atomic E-state index is 0.212. The highest BCUT2D eigenvalue weighted by atomic mass is 16.1. The van der Waals surface area contributed by atoms with E-state index in [2.05, 4.69) is 18.2 Å². The zero-order chi connectivity index (χ0) is 8.44. The summed E-state index contributed by atoms with van der Waals surface area (Å²) in [5.74, 6) is 0.310. The van der Waals surface area contributed by atoms with Crippen molar-refractivity contribution in [3.63, 3.8) is 0 Å². The molecule has 1 unspecified atom stereocenters.